The van der Waals surface area contributed by atoms with Crippen LogP contribution in [0.3, 0.4) is 0 Å². The maximum atomic E-state index is 6.15. The Hall–Kier alpha value is -2.73. The lowest BCUT2D eigenvalue weighted by atomic mass is 10.1. The third-order valence-electron chi connectivity index (χ3n) is 5.55. The van der Waals surface area contributed by atoms with Crippen molar-refractivity contribution in [3.05, 3.63) is 59.2 Å². The van der Waals surface area contributed by atoms with E-state index in [-0.39, 0.29) is 0 Å². The van der Waals surface area contributed by atoms with Crippen LogP contribution in [0.25, 0.3) is 0 Å². The van der Waals surface area contributed by atoms with Gasteiger partial charge >= 0.3 is 0 Å². The monoisotopic (exact) mass is 424 g/mol. The average molecular weight is 425 g/mol. The summed E-state index contributed by atoms with van der Waals surface area (Å²) in [6.45, 7) is 5.92. The topological polar surface area (TPSA) is 58.1 Å². The van der Waals surface area contributed by atoms with Crippen molar-refractivity contribution in [1.29, 1.82) is 0 Å². The molecular weight excluding hydrogens is 388 g/mol. The van der Waals surface area contributed by atoms with Gasteiger partial charge in [0.15, 0.2) is 5.96 Å². The van der Waals surface area contributed by atoms with E-state index in [0.29, 0.717) is 19.1 Å². The largest absolute Gasteiger partial charge is 0.493 e. The fraction of sp³-hybridized carbons (Fsp3) is 0.480. The number of anilines is 1. The molecule has 0 amide bonds. The van der Waals surface area contributed by atoms with Gasteiger partial charge in [0.25, 0.3) is 0 Å². The Labute approximate surface area is 186 Å². The van der Waals surface area contributed by atoms with Crippen molar-refractivity contribution in [1.82, 2.24) is 10.6 Å². The minimum atomic E-state index is 0.488. The molecule has 0 saturated carbocycles. The average Bonchev–Trinajstić information content (AvgIpc) is 3.29. The summed E-state index contributed by atoms with van der Waals surface area (Å²) >= 11 is 0. The number of benzene rings is 2. The van der Waals surface area contributed by atoms with Crippen LogP contribution in [0.4, 0.5) is 5.69 Å². The highest BCUT2D eigenvalue weighted by Crippen LogP contribution is 2.22. The van der Waals surface area contributed by atoms with Crippen LogP contribution in [-0.4, -0.2) is 53.5 Å². The SMILES string of the molecule is CN=C(NCCc1ccc(N(C)C)cc1)NCc1ccc(C)cc1OCC1CCOC1. The fourth-order valence-electron chi connectivity index (χ4n) is 3.55. The molecule has 1 aliphatic rings. The normalized spacial score (nSPS) is 16.3. The smallest absolute Gasteiger partial charge is 0.191 e. The van der Waals surface area contributed by atoms with Crippen molar-refractivity contribution in [2.75, 3.05) is 52.4 Å². The zero-order valence-corrected chi connectivity index (χ0v) is 19.3. The van der Waals surface area contributed by atoms with Crippen molar-refractivity contribution in [2.24, 2.45) is 10.9 Å². The number of ether oxygens (including phenoxy) is 2. The van der Waals surface area contributed by atoms with Crippen LogP contribution in [0.1, 0.15) is 23.1 Å². The third kappa shape index (κ3) is 7.17. The van der Waals surface area contributed by atoms with Crippen LogP contribution in [0.5, 0.6) is 5.75 Å². The van der Waals surface area contributed by atoms with Crippen LogP contribution < -0.4 is 20.3 Å². The van der Waals surface area contributed by atoms with E-state index >= 15 is 0 Å². The second kappa shape index (κ2) is 11.6. The minimum Gasteiger partial charge on any atom is -0.493 e. The van der Waals surface area contributed by atoms with E-state index < -0.39 is 0 Å². The Bertz CT molecular complexity index is 843. The number of rotatable bonds is 9. The van der Waals surface area contributed by atoms with Crippen LogP contribution >= 0.6 is 0 Å². The Morgan fingerprint density at radius 2 is 1.97 bits per heavy atom. The first-order valence-corrected chi connectivity index (χ1v) is 11.1. The molecule has 1 fully saturated rings. The van der Waals surface area contributed by atoms with Crippen LogP contribution in [0.2, 0.25) is 0 Å². The molecule has 0 bridgehead atoms. The predicted octanol–water partition coefficient (Wildman–Crippen LogP) is 3.38. The van der Waals surface area contributed by atoms with Crippen molar-refractivity contribution in [2.45, 2.75) is 26.3 Å². The van der Waals surface area contributed by atoms with Gasteiger partial charge in [-0.15, -0.1) is 0 Å². The molecule has 2 aromatic rings. The number of nitrogens with one attached hydrogen (secondary N) is 2. The molecule has 1 saturated heterocycles. The lowest BCUT2D eigenvalue weighted by Crippen LogP contribution is -2.38. The van der Waals surface area contributed by atoms with Crippen molar-refractivity contribution in [3.63, 3.8) is 0 Å². The number of hydrogen-bond acceptors (Lipinski definition) is 4. The zero-order chi connectivity index (χ0) is 22.1. The number of aryl methyl sites for hydroxylation is 1. The lowest BCUT2D eigenvalue weighted by molar-refractivity contribution is 0.166. The van der Waals surface area contributed by atoms with E-state index in [0.717, 1.165) is 49.9 Å². The van der Waals surface area contributed by atoms with E-state index in [1.807, 2.05) is 0 Å². The maximum absolute atomic E-state index is 6.15. The number of nitrogens with zero attached hydrogens (tertiary/aromatic N) is 2. The van der Waals surface area contributed by atoms with Gasteiger partial charge in [-0.25, -0.2) is 0 Å². The molecule has 0 spiro atoms. The molecule has 31 heavy (non-hydrogen) atoms. The molecular formula is C25H36N4O2. The Kier molecular flexibility index (Phi) is 8.59. The summed E-state index contributed by atoms with van der Waals surface area (Å²) in [5.74, 6) is 2.22. The molecule has 6 nitrogen and oxygen atoms in total. The molecule has 0 aromatic heterocycles. The standard InChI is InChI=1S/C25H36N4O2/c1-19-5-8-22(24(15-19)31-18-21-12-14-30-17-21)16-28-25(26-2)27-13-11-20-6-9-23(10-7-20)29(3)4/h5-10,15,21H,11-14,16-18H2,1-4H3,(H2,26,27,28). The molecule has 1 heterocycles. The van der Waals surface area contributed by atoms with Gasteiger partial charge in [0, 0.05) is 58.0 Å². The van der Waals surface area contributed by atoms with Gasteiger partial charge < -0.3 is 25.0 Å². The van der Waals surface area contributed by atoms with Gasteiger partial charge in [-0.05, 0) is 49.1 Å². The summed E-state index contributed by atoms with van der Waals surface area (Å²) in [6.07, 6.45) is 2.02. The second-order valence-electron chi connectivity index (χ2n) is 8.32. The molecule has 1 aliphatic heterocycles. The third-order valence-corrected chi connectivity index (χ3v) is 5.55. The highest BCUT2D eigenvalue weighted by atomic mass is 16.5. The van der Waals surface area contributed by atoms with Gasteiger partial charge in [0.1, 0.15) is 5.75 Å². The minimum absolute atomic E-state index is 0.488. The van der Waals surface area contributed by atoms with Crippen molar-refractivity contribution in [3.8, 4) is 5.75 Å². The molecule has 2 N–H and O–H groups in total. The maximum Gasteiger partial charge on any atom is 0.191 e. The molecule has 6 heteroatoms. The second-order valence-corrected chi connectivity index (χ2v) is 8.32. The summed E-state index contributed by atoms with van der Waals surface area (Å²) in [5, 5.41) is 6.82. The molecule has 2 aromatic carbocycles. The molecule has 1 unspecified atom stereocenters. The first-order chi connectivity index (χ1) is 15.0. The number of guanidine groups is 1. The molecule has 0 aliphatic carbocycles. The Morgan fingerprint density at radius 1 is 1.16 bits per heavy atom. The van der Waals surface area contributed by atoms with E-state index in [9.17, 15) is 0 Å². The fourth-order valence-corrected chi connectivity index (χ4v) is 3.55. The molecule has 1 atom stereocenters. The van der Waals surface area contributed by atoms with Crippen LogP contribution in [0, 0.1) is 12.8 Å². The summed E-state index contributed by atoms with van der Waals surface area (Å²) < 4.78 is 11.6. The van der Waals surface area contributed by atoms with Crippen molar-refractivity contribution >= 4 is 11.6 Å². The van der Waals surface area contributed by atoms with Gasteiger partial charge in [0.05, 0.1) is 13.2 Å². The van der Waals surface area contributed by atoms with E-state index in [1.165, 1.54) is 16.8 Å². The van der Waals surface area contributed by atoms with Crippen LogP contribution in [0.15, 0.2) is 47.5 Å². The zero-order valence-electron chi connectivity index (χ0n) is 19.3. The summed E-state index contributed by atoms with van der Waals surface area (Å²) in [5.41, 5.74) is 4.85. The van der Waals surface area contributed by atoms with Crippen molar-refractivity contribution < 1.29 is 9.47 Å². The molecule has 0 radical (unpaired) electrons. The highest BCUT2D eigenvalue weighted by Gasteiger charge is 2.17. The summed E-state index contributed by atoms with van der Waals surface area (Å²) in [7, 11) is 5.91. The van der Waals surface area contributed by atoms with E-state index in [2.05, 4.69) is 84.0 Å². The Balaban J connectivity index is 1.48. The van der Waals surface area contributed by atoms with E-state index in [1.54, 1.807) is 7.05 Å². The van der Waals surface area contributed by atoms with Gasteiger partial charge in [-0.3, -0.25) is 4.99 Å². The first kappa shape index (κ1) is 22.9. The van der Waals surface area contributed by atoms with E-state index in [4.69, 9.17) is 9.47 Å². The summed E-state index contributed by atoms with van der Waals surface area (Å²) in [4.78, 5) is 6.47. The lowest BCUT2D eigenvalue weighted by Gasteiger charge is -2.17. The van der Waals surface area contributed by atoms with Gasteiger partial charge in [0.2, 0.25) is 0 Å². The quantitative estimate of drug-likeness (QED) is 0.477. The molecule has 168 valence electrons. The summed E-state index contributed by atoms with van der Waals surface area (Å²) in [6, 6.07) is 15.0. The first-order valence-electron chi connectivity index (χ1n) is 11.1. The Morgan fingerprint density at radius 3 is 2.65 bits per heavy atom. The highest BCUT2D eigenvalue weighted by molar-refractivity contribution is 5.79. The van der Waals surface area contributed by atoms with Gasteiger partial charge in [-0.2, -0.15) is 0 Å². The number of hydrogen-bond donors (Lipinski definition) is 2. The molecule has 3 rings (SSSR count). The van der Waals surface area contributed by atoms with Crippen LogP contribution in [-0.2, 0) is 17.7 Å². The van der Waals surface area contributed by atoms with Gasteiger partial charge in [-0.1, -0.05) is 24.3 Å². The number of aliphatic imine (C=N–C) groups is 1. The predicted molar refractivity (Wildman–Crippen MR) is 128 cm³/mol.